The van der Waals surface area contributed by atoms with Crippen LogP contribution in [0.15, 0.2) is 48.5 Å². The summed E-state index contributed by atoms with van der Waals surface area (Å²) in [7, 11) is 0. The number of hydrogen-bond donors (Lipinski definition) is 1. The van der Waals surface area contributed by atoms with E-state index in [1.165, 1.54) is 17.4 Å². The molecule has 3 aromatic rings. The average Bonchev–Trinajstić information content (AvgIpc) is 3.05. The Bertz CT molecular complexity index is 1080. The molecule has 0 fully saturated rings. The Balaban J connectivity index is 1.83. The van der Waals surface area contributed by atoms with E-state index in [9.17, 15) is 9.59 Å². The van der Waals surface area contributed by atoms with Gasteiger partial charge in [-0.3, -0.25) is 4.79 Å². The molecule has 0 bridgehead atoms. The molecule has 29 heavy (non-hydrogen) atoms. The van der Waals surface area contributed by atoms with Crippen LogP contribution in [-0.2, 0) is 9.53 Å². The van der Waals surface area contributed by atoms with E-state index < -0.39 is 5.97 Å². The standard InChI is InChI=1S/C22H19Cl2NO3S/c1-2-3-12-28-22(27)20-16-6-4-5-7-18(16)29-21(20)25-19(26)11-9-14-8-10-15(23)13-17(14)24/h4-11,13H,2-3,12H2,1H3,(H,25,26)/b11-9+. The second-order valence-corrected chi connectivity index (χ2v) is 8.18. The number of thiophene rings is 1. The molecular weight excluding hydrogens is 429 g/mol. The Labute approximate surface area is 183 Å². The van der Waals surface area contributed by atoms with Gasteiger partial charge in [0.1, 0.15) is 10.6 Å². The predicted molar refractivity (Wildman–Crippen MR) is 121 cm³/mol. The minimum Gasteiger partial charge on any atom is -0.462 e. The zero-order chi connectivity index (χ0) is 20.8. The summed E-state index contributed by atoms with van der Waals surface area (Å²) in [5, 5.41) is 4.99. The fourth-order valence-corrected chi connectivity index (χ4v) is 4.24. The SMILES string of the molecule is CCCCOC(=O)c1c(NC(=O)/C=C/c2ccc(Cl)cc2Cl)sc2ccccc12. The molecule has 1 N–H and O–H groups in total. The van der Waals surface area contributed by atoms with E-state index in [2.05, 4.69) is 5.32 Å². The quantitative estimate of drug-likeness (QED) is 0.245. The van der Waals surface area contributed by atoms with Gasteiger partial charge in [-0.15, -0.1) is 11.3 Å². The van der Waals surface area contributed by atoms with Crippen molar-refractivity contribution >= 4 is 67.6 Å². The van der Waals surface area contributed by atoms with E-state index in [1.807, 2.05) is 31.2 Å². The van der Waals surface area contributed by atoms with Crippen LogP contribution in [0.1, 0.15) is 35.7 Å². The third kappa shape index (κ3) is 5.38. The van der Waals surface area contributed by atoms with Crippen molar-refractivity contribution in [3.63, 3.8) is 0 Å². The van der Waals surface area contributed by atoms with Gasteiger partial charge in [0.15, 0.2) is 0 Å². The number of fused-ring (bicyclic) bond motifs is 1. The van der Waals surface area contributed by atoms with E-state index in [1.54, 1.807) is 24.3 Å². The molecule has 4 nitrogen and oxygen atoms in total. The maximum absolute atomic E-state index is 12.6. The molecule has 0 aliphatic rings. The summed E-state index contributed by atoms with van der Waals surface area (Å²) in [5.41, 5.74) is 1.05. The monoisotopic (exact) mass is 447 g/mol. The first kappa shape index (κ1) is 21.4. The Morgan fingerprint density at radius 2 is 1.97 bits per heavy atom. The molecule has 1 aromatic heterocycles. The maximum atomic E-state index is 12.6. The highest BCUT2D eigenvalue weighted by Crippen LogP contribution is 2.36. The van der Waals surface area contributed by atoms with Crippen LogP contribution < -0.4 is 5.32 Å². The van der Waals surface area contributed by atoms with Gasteiger partial charge in [-0.1, -0.05) is 60.8 Å². The number of rotatable bonds is 7. The Morgan fingerprint density at radius 1 is 1.17 bits per heavy atom. The van der Waals surface area contributed by atoms with Gasteiger partial charge in [0.2, 0.25) is 5.91 Å². The molecule has 0 spiro atoms. The summed E-state index contributed by atoms with van der Waals surface area (Å²) in [4.78, 5) is 25.1. The fraction of sp³-hybridized carbons (Fsp3) is 0.182. The first-order valence-electron chi connectivity index (χ1n) is 9.12. The zero-order valence-corrected chi connectivity index (χ0v) is 18.0. The normalized spacial score (nSPS) is 11.1. The molecule has 0 saturated carbocycles. The van der Waals surface area contributed by atoms with E-state index >= 15 is 0 Å². The number of nitrogens with one attached hydrogen (secondary N) is 1. The van der Waals surface area contributed by atoms with Crippen LogP contribution in [0.2, 0.25) is 10.0 Å². The Kier molecular flexibility index (Phi) is 7.31. The van der Waals surface area contributed by atoms with Crippen molar-refractivity contribution in [3.8, 4) is 0 Å². The largest absolute Gasteiger partial charge is 0.462 e. The van der Waals surface area contributed by atoms with Crippen molar-refractivity contribution in [1.29, 1.82) is 0 Å². The molecule has 0 aliphatic carbocycles. The second-order valence-electron chi connectivity index (χ2n) is 6.28. The van der Waals surface area contributed by atoms with Gasteiger partial charge in [0, 0.05) is 26.2 Å². The molecule has 0 atom stereocenters. The summed E-state index contributed by atoms with van der Waals surface area (Å²) >= 11 is 13.4. The average molecular weight is 448 g/mol. The van der Waals surface area contributed by atoms with Crippen molar-refractivity contribution in [2.45, 2.75) is 19.8 Å². The number of hydrogen-bond acceptors (Lipinski definition) is 4. The summed E-state index contributed by atoms with van der Waals surface area (Å²) in [6, 6.07) is 12.5. The maximum Gasteiger partial charge on any atom is 0.341 e. The number of carbonyl (C=O) groups is 2. The Hall–Kier alpha value is -2.34. The number of amides is 1. The van der Waals surface area contributed by atoms with Crippen molar-refractivity contribution in [2.75, 3.05) is 11.9 Å². The minimum atomic E-state index is -0.434. The van der Waals surface area contributed by atoms with E-state index in [4.69, 9.17) is 27.9 Å². The van der Waals surface area contributed by atoms with Gasteiger partial charge < -0.3 is 10.1 Å². The molecule has 150 valence electrons. The summed E-state index contributed by atoms with van der Waals surface area (Å²) in [6.45, 7) is 2.38. The van der Waals surface area contributed by atoms with Crippen LogP contribution >= 0.6 is 34.5 Å². The highest BCUT2D eigenvalue weighted by Gasteiger charge is 2.21. The smallest absolute Gasteiger partial charge is 0.341 e. The van der Waals surface area contributed by atoms with Crippen molar-refractivity contribution in [3.05, 3.63) is 69.7 Å². The van der Waals surface area contributed by atoms with Crippen LogP contribution in [0.5, 0.6) is 0 Å². The van der Waals surface area contributed by atoms with Gasteiger partial charge in [-0.05, 0) is 36.3 Å². The minimum absolute atomic E-state index is 0.349. The molecule has 0 radical (unpaired) electrons. The van der Waals surface area contributed by atoms with E-state index in [0.717, 1.165) is 22.9 Å². The van der Waals surface area contributed by atoms with E-state index in [0.29, 0.717) is 32.8 Å². The first-order valence-corrected chi connectivity index (χ1v) is 10.7. The lowest BCUT2D eigenvalue weighted by molar-refractivity contribution is -0.111. The molecular formula is C22H19Cl2NO3S. The molecule has 0 unspecified atom stereocenters. The number of ether oxygens (including phenoxy) is 1. The highest BCUT2D eigenvalue weighted by atomic mass is 35.5. The number of halogens is 2. The topological polar surface area (TPSA) is 55.4 Å². The molecule has 1 heterocycles. The van der Waals surface area contributed by atoms with Gasteiger partial charge >= 0.3 is 5.97 Å². The third-order valence-corrected chi connectivity index (χ3v) is 5.79. The van der Waals surface area contributed by atoms with Crippen molar-refractivity contribution < 1.29 is 14.3 Å². The van der Waals surface area contributed by atoms with Gasteiger partial charge in [-0.25, -0.2) is 4.79 Å². The number of unbranched alkanes of at least 4 members (excludes halogenated alkanes) is 1. The molecule has 0 saturated heterocycles. The number of benzene rings is 2. The predicted octanol–water partition coefficient (Wildman–Crippen LogP) is 6.82. The lowest BCUT2D eigenvalue weighted by Crippen LogP contribution is -2.12. The highest BCUT2D eigenvalue weighted by molar-refractivity contribution is 7.23. The van der Waals surface area contributed by atoms with Crippen LogP contribution in [0.3, 0.4) is 0 Å². The van der Waals surface area contributed by atoms with Gasteiger partial charge in [-0.2, -0.15) is 0 Å². The number of anilines is 1. The molecule has 7 heteroatoms. The van der Waals surface area contributed by atoms with E-state index in [-0.39, 0.29) is 5.91 Å². The lowest BCUT2D eigenvalue weighted by atomic mass is 10.1. The first-order chi connectivity index (χ1) is 14.0. The van der Waals surface area contributed by atoms with Crippen LogP contribution in [0.25, 0.3) is 16.2 Å². The van der Waals surface area contributed by atoms with Crippen molar-refractivity contribution in [2.24, 2.45) is 0 Å². The molecule has 0 aliphatic heterocycles. The lowest BCUT2D eigenvalue weighted by Gasteiger charge is -2.06. The number of esters is 1. The van der Waals surface area contributed by atoms with Gasteiger partial charge in [0.25, 0.3) is 0 Å². The molecule has 1 amide bonds. The summed E-state index contributed by atoms with van der Waals surface area (Å²) in [6.07, 6.45) is 4.69. The molecule has 2 aromatic carbocycles. The number of carbonyl (C=O) groups excluding carboxylic acids is 2. The molecule has 3 rings (SSSR count). The van der Waals surface area contributed by atoms with Crippen LogP contribution in [0.4, 0.5) is 5.00 Å². The fourth-order valence-electron chi connectivity index (χ4n) is 2.67. The third-order valence-electron chi connectivity index (χ3n) is 4.14. The Morgan fingerprint density at radius 3 is 2.72 bits per heavy atom. The zero-order valence-electron chi connectivity index (χ0n) is 15.7. The second kappa shape index (κ2) is 9.92. The summed E-state index contributed by atoms with van der Waals surface area (Å²) in [5.74, 6) is -0.805. The van der Waals surface area contributed by atoms with Crippen LogP contribution in [0, 0.1) is 0 Å². The van der Waals surface area contributed by atoms with Crippen molar-refractivity contribution in [1.82, 2.24) is 0 Å². The van der Waals surface area contributed by atoms with Crippen LogP contribution in [-0.4, -0.2) is 18.5 Å². The van der Waals surface area contributed by atoms with Gasteiger partial charge in [0.05, 0.1) is 6.61 Å². The summed E-state index contributed by atoms with van der Waals surface area (Å²) < 4.78 is 6.28.